The molecule has 0 saturated heterocycles. The Bertz CT molecular complexity index is 212. The van der Waals surface area contributed by atoms with Crippen molar-refractivity contribution in [1.29, 1.82) is 0 Å². The molecule has 0 aliphatic rings. The van der Waals surface area contributed by atoms with E-state index in [9.17, 15) is 10.2 Å². The lowest BCUT2D eigenvalue weighted by atomic mass is 10.1. The van der Waals surface area contributed by atoms with Crippen molar-refractivity contribution in [3.05, 3.63) is 0 Å². The van der Waals surface area contributed by atoms with Gasteiger partial charge in [0.15, 0.2) is 12.6 Å². The molecule has 0 aliphatic carbocycles. The van der Waals surface area contributed by atoms with Crippen molar-refractivity contribution in [3.8, 4) is 0 Å². The zero-order valence-corrected chi connectivity index (χ0v) is 16.2. The maximum Gasteiger partial charge on any atom is 0.188 e. The Morgan fingerprint density at radius 3 is 1.12 bits per heavy atom. The van der Waals surface area contributed by atoms with Crippen molar-refractivity contribution >= 4 is 0 Å². The summed E-state index contributed by atoms with van der Waals surface area (Å²) in [6.07, 6.45) is 16.2. The summed E-state index contributed by atoms with van der Waals surface area (Å²) < 4.78 is 0. The Kier molecular flexibility index (Phi) is 19.0. The number of aliphatic hydroxyl groups is 2. The highest BCUT2D eigenvalue weighted by Crippen LogP contribution is 2.13. The molecule has 0 amide bonds. The van der Waals surface area contributed by atoms with E-state index in [0.717, 1.165) is 25.7 Å². The van der Waals surface area contributed by atoms with Crippen LogP contribution in [0.5, 0.6) is 0 Å². The lowest BCUT2D eigenvalue weighted by Crippen LogP contribution is -2.19. The predicted molar refractivity (Wildman–Crippen MR) is 99.4 cm³/mol. The van der Waals surface area contributed by atoms with E-state index in [1.807, 2.05) is 0 Å². The van der Waals surface area contributed by atoms with Gasteiger partial charge in [-0.05, 0) is 12.8 Å². The van der Waals surface area contributed by atoms with Crippen LogP contribution in [0, 0.1) is 0 Å². The summed E-state index contributed by atoms with van der Waals surface area (Å²) in [5.74, 6) is 0. The molecule has 0 bridgehead atoms. The summed E-state index contributed by atoms with van der Waals surface area (Å²) in [5, 5.41) is 19.3. The first-order chi connectivity index (χ1) is 11.7. The van der Waals surface area contributed by atoms with Gasteiger partial charge in [-0.3, -0.25) is 0 Å². The highest BCUT2D eigenvalue weighted by atomic mass is 17.2. The molecule has 2 unspecified atom stereocenters. The molecule has 0 aromatic heterocycles. The van der Waals surface area contributed by atoms with Crippen LogP contribution < -0.4 is 0 Å². The average molecular weight is 347 g/mol. The Balaban J connectivity index is 3.31. The minimum absolute atomic E-state index is 0.567. The molecule has 0 radical (unpaired) electrons. The van der Waals surface area contributed by atoms with Gasteiger partial charge in [-0.1, -0.05) is 90.9 Å². The fourth-order valence-corrected chi connectivity index (χ4v) is 2.78. The lowest BCUT2D eigenvalue weighted by molar-refractivity contribution is -0.424. The van der Waals surface area contributed by atoms with Crippen LogP contribution in [0.2, 0.25) is 0 Å². The molecule has 0 aliphatic heterocycles. The maximum absolute atomic E-state index is 9.67. The first-order valence-electron chi connectivity index (χ1n) is 10.4. The molecule has 2 atom stereocenters. The monoisotopic (exact) mass is 346 g/mol. The summed E-state index contributed by atoms with van der Waals surface area (Å²) >= 11 is 0. The fraction of sp³-hybridized carbons (Fsp3) is 1.00. The largest absolute Gasteiger partial charge is 0.366 e. The number of rotatable bonds is 19. The molecular weight excluding hydrogens is 304 g/mol. The topological polar surface area (TPSA) is 58.9 Å². The molecule has 0 rings (SSSR count). The van der Waals surface area contributed by atoms with Gasteiger partial charge >= 0.3 is 0 Å². The normalized spacial score (nSPS) is 14.0. The number of unbranched alkanes of at least 4 members (excludes halogenated alkanes) is 12. The van der Waals surface area contributed by atoms with Crippen LogP contribution in [0.15, 0.2) is 0 Å². The molecule has 4 nitrogen and oxygen atoms in total. The second-order valence-corrected chi connectivity index (χ2v) is 6.92. The summed E-state index contributed by atoms with van der Waals surface area (Å²) in [6, 6.07) is 0. The van der Waals surface area contributed by atoms with Crippen molar-refractivity contribution in [3.63, 3.8) is 0 Å². The Labute approximate surface area is 149 Å². The summed E-state index contributed by atoms with van der Waals surface area (Å²) in [7, 11) is 0. The molecule has 0 aromatic rings. The van der Waals surface area contributed by atoms with Crippen molar-refractivity contribution < 1.29 is 20.0 Å². The van der Waals surface area contributed by atoms with E-state index >= 15 is 0 Å². The zero-order chi connectivity index (χ0) is 17.9. The zero-order valence-electron chi connectivity index (χ0n) is 16.2. The van der Waals surface area contributed by atoms with Crippen molar-refractivity contribution in [2.24, 2.45) is 0 Å². The first-order valence-corrected chi connectivity index (χ1v) is 10.4. The second kappa shape index (κ2) is 19.2. The van der Waals surface area contributed by atoms with E-state index in [1.54, 1.807) is 0 Å². The van der Waals surface area contributed by atoms with Crippen LogP contribution in [0.1, 0.15) is 117 Å². The van der Waals surface area contributed by atoms with Gasteiger partial charge in [0.25, 0.3) is 0 Å². The van der Waals surface area contributed by atoms with Gasteiger partial charge in [-0.25, -0.2) is 9.78 Å². The molecule has 0 aromatic carbocycles. The minimum Gasteiger partial charge on any atom is -0.366 e. The smallest absolute Gasteiger partial charge is 0.188 e. The maximum atomic E-state index is 9.67. The van der Waals surface area contributed by atoms with Crippen LogP contribution >= 0.6 is 0 Å². The standard InChI is InChI=1S/C20H42O4/c1-3-5-7-9-11-13-15-17-19(21)23-24-20(22)18-16-14-12-10-8-6-4-2/h19-22H,3-18H2,1-2H3. The SMILES string of the molecule is CCCCCCCCCC(O)OOC(O)CCCCCCCCC. The highest BCUT2D eigenvalue weighted by Gasteiger charge is 2.10. The number of hydrogen-bond acceptors (Lipinski definition) is 4. The molecule has 0 spiro atoms. The van der Waals surface area contributed by atoms with Crippen LogP contribution in [0.3, 0.4) is 0 Å². The molecule has 4 heteroatoms. The fourth-order valence-electron chi connectivity index (χ4n) is 2.78. The van der Waals surface area contributed by atoms with Crippen molar-refractivity contribution in [2.75, 3.05) is 0 Å². The minimum atomic E-state index is -0.927. The van der Waals surface area contributed by atoms with E-state index in [2.05, 4.69) is 13.8 Å². The molecular formula is C20H42O4. The number of hydrogen-bond donors (Lipinski definition) is 2. The molecule has 0 heterocycles. The molecule has 146 valence electrons. The van der Waals surface area contributed by atoms with Crippen molar-refractivity contribution in [1.82, 2.24) is 0 Å². The lowest BCUT2D eigenvalue weighted by Gasteiger charge is -2.14. The van der Waals surface area contributed by atoms with Gasteiger partial charge in [0.2, 0.25) is 0 Å². The van der Waals surface area contributed by atoms with Crippen LogP contribution in [0.25, 0.3) is 0 Å². The van der Waals surface area contributed by atoms with E-state index in [1.165, 1.54) is 64.2 Å². The van der Waals surface area contributed by atoms with Gasteiger partial charge in [0.05, 0.1) is 0 Å². The third-order valence-corrected chi connectivity index (χ3v) is 4.39. The van der Waals surface area contributed by atoms with Crippen LogP contribution in [-0.2, 0) is 9.78 Å². The predicted octanol–water partition coefficient (Wildman–Crippen LogP) is 5.85. The molecule has 0 saturated carbocycles. The highest BCUT2D eigenvalue weighted by molar-refractivity contribution is 4.48. The molecule has 0 fully saturated rings. The van der Waals surface area contributed by atoms with E-state index in [0.29, 0.717) is 12.8 Å². The first kappa shape index (κ1) is 23.8. The quantitative estimate of drug-likeness (QED) is 0.133. The van der Waals surface area contributed by atoms with Gasteiger partial charge in [-0.2, -0.15) is 0 Å². The van der Waals surface area contributed by atoms with E-state index in [-0.39, 0.29) is 0 Å². The van der Waals surface area contributed by atoms with Gasteiger partial charge in [-0.15, -0.1) is 0 Å². The Morgan fingerprint density at radius 2 is 0.792 bits per heavy atom. The second-order valence-electron chi connectivity index (χ2n) is 6.92. The molecule has 24 heavy (non-hydrogen) atoms. The van der Waals surface area contributed by atoms with Gasteiger partial charge in [0.1, 0.15) is 0 Å². The number of aliphatic hydroxyl groups excluding tert-OH is 2. The summed E-state index contributed by atoms with van der Waals surface area (Å²) in [6.45, 7) is 4.44. The summed E-state index contributed by atoms with van der Waals surface area (Å²) in [4.78, 5) is 9.73. The summed E-state index contributed by atoms with van der Waals surface area (Å²) in [5.41, 5.74) is 0. The van der Waals surface area contributed by atoms with Crippen LogP contribution in [-0.4, -0.2) is 22.8 Å². The third-order valence-electron chi connectivity index (χ3n) is 4.39. The van der Waals surface area contributed by atoms with E-state index < -0.39 is 12.6 Å². The Morgan fingerprint density at radius 1 is 0.500 bits per heavy atom. The van der Waals surface area contributed by atoms with Gasteiger partial charge < -0.3 is 10.2 Å². The van der Waals surface area contributed by atoms with Gasteiger partial charge in [0, 0.05) is 12.8 Å². The molecule has 2 N–H and O–H groups in total. The third kappa shape index (κ3) is 18.2. The average Bonchev–Trinajstić information content (AvgIpc) is 2.58. The van der Waals surface area contributed by atoms with Crippen LogP contribution in [0.4, 0.5) is 0 Å². The van der Waals surface area contributed by atoms with E-state index in [4.69, 9.17) is 9.78 Å². The Hall–Kier alpha value is -0.160. The van der Waals surface area contributed by atoms with Crippen molar-refractivity contribution in [2.45, 2.75) is 129 Å².